The summed E-state index contributed by atoms with van der Waals surface area (Å²) in [7, 11) is 1.59. The topological polar surface area (TPSA) is 67.7 Å². The Morgan fingerprint density at radius 2 is 2.16 bits per heavy atom. The van der Waals surface area contributed by atoms with E-state index < -0.39 is 6.10 Å². The molecule has 0 radical (unpaired) electrons. The van der Waals surface area contributed by atoms with Crippen LogP contribution in [0.5, 0.6) is 5.88 Å². The molecule has 2 heterocycles. The minimum atomic E-state index is -0.649. The highest BCUT2D eigenvalue weighted by Crippen LogP contribution is 2.24. The summed E-state index contributed by atoms with van der Waals surface area (Å²) in [6, 6.07) is 6.48. The van der Waals surface area contributed by atoms with Gasteiger partial charge in [-0.15, -0.1) is 0 Å². The Balaban J connectivity index is 1.49. The SMILES string of the molecule is COc1ncnc2c1CN(C[C@@H](O)COCc1ccccc1F)CC2. The minimum Gasteiger partial charge on any atom is -0.481 e. The number of halogens is 1. The average molecular weight is 347 g/mol. The third-order valence-electron chi connectivity index (χ3n) is 4.23. The summed E-state index contributed by atoms with van der Waals surface area (Å²) in [6.45, 7) is 2.20. The van der Waals surface area contributed by atoms with Crippen molar-refractivity contribution in [3.8, 4) is 5.88 Å². The number of aromatic nitrogens is 2. The molecule has 2 aromatic rings. The van der Waals surface area contributed by atoms with Crippen molar-refractivity contribution < 1.29 is 19.0 Å². The molecule has 1 aromatic carbocycles. The highest BCUT2D eigenvalue weighted by Gasteiger charge is 2.23. The maximum atomic E-state index is 13.5. The Bertz CT molecular complexity index is 699. The van der Waals surface area contributed by atoms with Crippen LogP contribution in [-0.4, -0.2) is 52.9 Å². The van der Waals surface area contributed by atoms with Crippen LogP contribution in [0.25, 0.3) is 0 Å². The molecule has 0 amide bonds. The molecule has 1 aliphatic rings. The van der Waals surface area contributed by atoms with Crippen LogP contribution in [0.3, 0.4) is 0 Å². The molecule has 134 valence electrons. The quantitative estimate of drug-likeness (QED) is 0.820. The first-order valence-electron chi connectivity index (χ1n) is 8.25. The number of ether oxygens (including phenoxy) is 2. The predicted octanol–water partition coefficient (Wildman–Crippen LogP) is 1.56. The van der Waals surface area contributed by atoms with Gasteiger partial charge in [-0.3, -0.25) is 4.90 Å². The number of nitrogens with zero attached hydrogens (tertiary/aromatic N) is 3. The fraction of sp³-hybridized carbons (Fsp3) is 0.444. The fourth-order valence-electron chi connectivity index (χ4n) is 2.97. The van der Waals surface area contributed by atoms with E-state index in [1.165, 1.54) is 12.4 Å². The molecular formula is C18H22FN3O3. The number of aliphatic hydroxyl groups excluding tert-OH is 1. The first-order valence-corrected chi connectivity index (χ1v) is 8.25. The van der Waals surface area contributed by atoms with Crippen LogP contribution < -0.4 is 4.74 Å². The standard InChI is InChI=1S/C18H22FN3O3/c1-24-18-15-9-22(7-6-17(15)20-12-21-18)8-14(23)11-25-10-13-4-2-3-5-16(13)19/h2-5,12,14,23H,6-11H2,1H3/t14-/m1/s1. The first-order chi connectivity index (χ1) is 12.2. The van der Waals surface area contributed by atoms with E-state index >= 15 is 0 Å². The summed E-state index contributed by atoms with van der Waals surface area (Å²) < 4.78 is 24.3. The normalized spacial score (nSPS) is 15.6. The molecule has 0 saturated carbocycles. The summed E-state index contributed by atoms with van der Waals surface area (Å²) in [4.78, 5) is 10.5. The number of hydrogen-bond donors (Lipinski definition) is 1. The number of methoxy groups -OCH3 is 1. The van der Waals surface area contributed by atoms with Gasteiger partial charge in [-0.2, -0.15) is 0 Å². The van der Waals surface area contributed by atoms with Gasteiger partial charge >= 0.3 is 0 Å². The number of benzene rings is 1. The Morgan fingerprint density at radius 1 is 1.32 bits per heavy atom. The van der Waals surface area contributed by atoms with Gasteiger partial charge in [-0.05, 0) is 6.07 Å². The smallest absolute Gasteiger partial charge is 0.220 e. The lowest BCUT2D eigenvalue weighted by molar-refractivity contribution is 0.00673. The summed E-state index contributed by atoms with van der Waals surface area (Å²) in [5.74, 6) is 0.289. The molecule has 1 atom stereocenters. The van der Waals surface area contributed by atoms with Crippen LogP contribution in [0.1, 0.15) is 16.8 Å². The average Bonchev–Trinajstić information content (AvgIpc) is 2.62. The van der Waals surface area contributed by atoms with Gasteiger partial charge in [0.15, 0.2) is 0 Å². The van der Waals surface area contributed by atoms with E-state index in [4.69, 9.17) is 9.47 Å². The molecule has 0 aliphatic carbocycles. The number of hydrogen-bond acceptors (Lipinski definition) is 6. The fourth-order valence-corrected chi connectivity index (χ4v) is 2.97. The van der Waals surface area contributed by atoms with Gasteiger partial charge in [0, 0.05) is 37.2 Å². The van der Waals surface area contributed by atoms with Crippen molar-refractivity contribution in [3.63, 3.8) is 0 Å². The molecular weight excluding hydrogens is 325 g/mol. The van der Waals surface area contributed by atoms with Gasteiger partial charge in [0.2, 0.25) is 5.88 Å². The summed E-state index contributed by atoms with van der Waals surface area (Å²) in [5, 5.41) is 10.2. The molecule has 6 nitrogen and oxygen atoms in total. The second kappa shape index (κ2) is 8.33. The lowest BCUT2D eigenvalue weighted by atomic mass is 10.1. The van der Waals surface area contributed by atoms with E-state index in [1.807, 2.05) is 0 Å². The van der Waals surface area contributed by atoms with Crippen LogP contribution in [0.15, 0.2) is 30.6 Å². The lowest BCUT2D eigenvalue weighted by Gasteiger charge is -2.30. The third kappa shape index (κ3) is 4.50. The second-order valence-electron chi connectivity index (χ2n) is 6.05. The van der Waals surface area contributed by atoms with Gasteiger partial charge in [0.05, 0.1) is 32.1 Å². The predicted molar refractivity (Wildman–Crippen MR) is 89.6 cm³/mol. The lowest BCUT2D eigenvalue weighted by Crippen LogP contribution is -2.38. The van der Waals surface area contributed by atoms with Gasteiger partial charge in [0.25, 0.3) is 0 Å². The molecule has 25 heavy (non-hydrogen) atoms. The number of rotatable bonds is 7. The number of aliphatic hydroxyl groups is 1. The molecule has 0 fully saturated rings. The highest BCUT2D eigenvalue weighted by atomic mass is 19.1. The van der Waals surface area contributed by atoms with Gasteiger partial charge in [-0.25, -0.2) is 14.4 Å². The van der Waals surface area contributed by atoms with Crippen molar-refractivity contribution in [1.29, 1.82) is 0 Å². The summed E-state index contributed by atoms with van der Waals surface area (Å²) in [6.07, 6.45) is 1.65. The molecule has 0 bridgehead atoms. The van der Waals surface area contributed by atoms with E-state index in [-0.39, 0.29) is 19.0 Å². The monoisotopic (exact) mass is 347 g/mol. The molecule has 1 aromatic heterocycles. The third-order valence-corrected chi connectivity index (χ3v) is 4.23. The van der Waals surface area contributed by atoms with E-state index in [2.05, 4.69) is 14.9 Å². The van der Waals surface area contributed by atoms with Crippen molar-refractivity contribution in [2.24, 2.45) is 0 Å². The Hall–Kier alpha value is -2.09. The molecule has 0 spiro atoms. The van der Waals surface area contributed by atoms with Crippen LogP contribution in [0.2, 0.25) is 0 Å². The summed E-state index contributed by atoms with van der Waals surface area (Å²) in [5.41, 5.74) is 2.45. The van der Waals surface area contributed by atoms with Crippen LogP contribution in [0.4, 0.5) is 4.39 Å². The molecule has 0 unspecified atom stereocenters. The largest absolute Gasteiger partial charge is 0.481 e. The van der Waals surface area contributed by atoms with Crippen molar-refractivity contribution in [2.45, 2.75) is 25.7 Å². The maximum Gasteiger partial charge on any atom is 0.220 e. The molecule has 0 saturated heterocycles. The van der Waals surface area contributed by atoms with Crippen molar-refractivity contribution in [3.05, 3.63) is 53.2 Å². The number of fused-ring (bicyclic) bond motifs is 1. The summed E-state index contributed by atoms with van der Waals surface area (Å²) >= 11 is 0. The minimum absolute atomic E-state index is 0.147. The zero-order valence-corrected chi connectivity index (χ0v) is 14.2. The molecule has 7 heteroatoms. The maximum absolute atomic E-state index is 13.5. The first kappa shape index (κ1) is 17.7. The van der Waals surface area contributed by atoms with Crippen LogP contribution in [-0.2, 0) is 24.3 Å². The molecule has 1 N–H and O–H groups in total. The Labute approximate surface area is 146 Å². The van der Waals surface area contributed by atoms with Crippen molar-refractivity contribution >= 4 is 0 Å². The number of β-amino-alcohol motifs (C(OH)–C–C–N with tert-alkyl or cyclic N) is 1. The van der Waals surface area contributed by atoms with Crippen LogP contribution in [0, 0.1) is 5.82 Å². The van der Waals surface area contributed by atoms with E-state index in [0.29, 0.717) is 24.5 Å². The van der Waals surface area contributed by atoms with Crippen molar-refractivity contribution in [1.82, 2.24) is 14.9 Å². The van der Waals surface area contributed by atoms with Gasteiger partial charge in [-0.1, -0.05) is 18.2 Å². The Morgan fingerprint density at radius 3 is 2.96 bits per heavy atom. The van der Waals surface area contributed by atoms with Gasteiger partial charge in [0.1, 0.15) is 12.1 Å². The van der Waals surface area contributed by atoms with Crippen molar-refractivity contribution in [2.75, 3.05) is 26.8 Å². The Kier molecular flexibility index (Phi) is 5.91. The zero-order chi connectivity index (χ0) is 17.6. The molecule has 1 aliphatic heterocycles. The second-order valence-corrected chi connectivity index (χ2v) is 6.05. The van der Waals surface area contributed by atoms with Crippen LogP contribution >= 0.6 is 0 Å². The van der Waals surface area contributed by atoms with E-state index in [1.54, 1.807) is 25.3 Å². The van der Waals surface area contributed by atoms with E-state index in [0.717, 1.165) is 24.2 Å². The van der Waals surface area contributed by atoms with Gasteiger partial charge < -0.3 is 14.6 Å². The zero-order valence-electron chi connectivity index (χ0n) is 14.2. The highest BCUT2D eigenvalue weighted by molar-refractivity contribution is 5.31. The van der Waals surface area contributed by atoms with E-state index in [9.17, 15) is 9.50 Å². The molecule has 3 rings (SSSR count).